The fraction of sp³-hybridized carbons (Fsp3) is 0.364. The van der Waals surface area contributed by atoms with Crippen molar-refractivity contribution in [3.05, 3.63) is 60.2 Å². The first kappa shape index (κ1) is 17.8. The topological polar surface area (TPSA) is 72.4 Å². The van der Waals surface area contributed by atoms with Crippen LogP contribution in [0.2, 0.25) is 0 Å². The summed E-state index contributed by atoms with van der Waals surface area (Å²) >= 11 is 0. The van der Waals surface area contributed by atoms with Crippen molar-refractivity contribution in [2.45, 2.75) is 52.1 Å². The third-order valence-electron chi connectivity index (χ3n) is 5.74. The molecule has 29 heavy (non-hydrogen) atoms. The second-order valence-electron chi connectivity index (χ2n) is 7.82. The van der Waals surface area contributed by atoms with Crippen LogP contribution in [0.25, 0.3) is 16.9 Å². The van der Waals surface area contributed by atoms with Crippen LogP contribution in [0.15, 0.2) is 47.3 Å². The minimum atomic E-state index is 0.522. The molecular formula is C22H24N6O. The van der Waals surface area contributed by atoms with E-state index < -0.39 is 0 Å². The maximum absolute atomic E-state index is 5.38. The molecule has 5 rings (SSSR count). The lowest BCUT2D eigenvalue weighted by molar-refractivity contribution is 0.520. The number of oxazole rings is 1. The summed E-state index contributed by atoms with van der Waals surface area (Å²) in [5.74, 6) is 1.69. The van der Waals surface area contributed by atoms with Crippen LogP contribution >= 0.6 is 0 Å². The Morgan fingerprint density at radius 3 is 2.62 bits per heavy atom. The van der Waals surface area contributed by atoms with Crippen molar-refractivity contribution in [2.75, 3.05) is 4.90 Å². The van der Waals surface area contributed by atoms with Gasteiger partial charge >= 0.3 is 0 Å². The van der Waals surface area contributed by atoms with Gasteiger partial charge in [-0.15, -0.1) is 0 Å². The molecule has 4 aromatic heterocycles. The number of fused-ring (bicyclic) bond motifs is 1. The van der Waals surface area contributed by atoms with Gasteiger partial charge in [-0.3, -0.25) is 0 Å². The summed E-state index contributed by atoms with van der Waals surface area (Å²) in [6.07, 6.45) is 8.40. The van der Waals surface area contributed by atoms with Gasteiger partial charge in [0.1, 0.15) is 12.1 Å². The quantitative estimate of drug-likeness (QED) is 0.525. The summed E-state index contributed by atoms with van der Waals surface area (Å²) in [6, 6.07) is 9.12. The summed E-state index contributed by atoms with van der Waals surface area (Å²) in [6.45, 7) is 6.38. The highest BCUT2D eigenvalue weighted by Crippen LogP contribution is 2.31. The largest absolute Gasteiger partial charge is 0.449 e. The molecule has 7 heteroatoms. The molecule has 4 aromatic rings. The Hall–Kier alpha value is -3.22. The van der Waals surface area contributed by atoms with Gasteiger partial charge in [0, 0.05) is 43.4 Å². The zero-order valence-corrected chi connectivity index (χ0v) is 16.9. The average Bonchev–Trinajstić information content (AvgIpc) is 3.40. The van der Waals surface area contributed by atoms with Crippen molar-refractivity contribution >= 4 is 11.5 Å². The lowest BCUT2D eigenvalue weighted by Gasteiger charge is -2.27. The van der Waals surface area contributed by atoms with E-state index in [1.54, 1.807) is 12.5 Å². The minimum Gasteiger partial charge on any atom is -0.449 e. The number of anilines is 1. The molecular weight excluding hydrogens is 364 g/mol. The van der Waals surface area contributed by atoms with Gasteiger partial charge in [-0.1, -0.05) is 0 Å². The molecule has 0 saturated carbocycles. The fourth-order valence-corrected chi connectivity index (χ4v) is 4.31. The van der Waals surface area contributed by atoms with Crippen LogP contribution in [0.1, 0.15) is 44.0 Å². The molecule has 0 aromatic carbocycles. The van der Waals surface area contributed by atoms with Gasteiger partial charge in [-0.05, 0) is 51.0 Å². The molecule has 0 bridgehead atoms. The molecule has 0 unspecified atom stereocenters. The molecule has 1 aliphatic rings. The minimum absolute atomic E-state index is 0.522. The summed E-state index contributed by atoms with van der Waals surface area (Å²) < 4.78 is 7.26. The zero-order chi connectivity index (χ0) is 20.0. The molecule has 5 heterocycles. The van der Waals surface area contributed by atoms with Crippen LogP contribution in [0.3, 0.4) is 0 Å². The van der Waals surface area contributed by atoms with Gasteiger partial charge in [-0.2, -0.15) is 5.10 Å². The van der Waals surface area contributed by atoms with Crippen LogP contribution in [0, 0.1) is 6.92 Å². The van der Waals surface area contributed by atoms with E-state index in [0.29, 0.717) is 24.4 Å². The predicted octanol–water partition coefficient (Wildman–Crippen LogP) is 4.06. The van der Waals surface area contributed by atoms with Crippen molar-refractivity contribution in [3.63, 3.8) is 0 Å². The van der Waals surface area contributed by atoms with Crippen molar-refractivity contribution in [3.8, 4) is 11.3 Å². The van der Waals surface area contributed by atoms with Gasteiger partial charge < -0.3 is 9.32 Å². The average molecular weight is 388 g/mol. The molecule has 1 fully saturated rings. The third kappa shape index (κ3) is 3.16. The lowest BCUT2D eigenvalue weighted by Crippen LogP contribution is -2.33. The maximum atomic E-state index is 5.38. The van der Waals surface area contributed by atoms with Crippen LogP contribution in [0.4, 0.5) is 5.82 Å². The molecule has 148 valence electrons. The van der Waals surface area contributed by atoms with Gasteiger partial charge in [-0.25, -0.2) is 19.5 Å². The van der Waals surface area contributed by atoms with Crippen molar-refractivity contribution < 1.29 is 4.42 Å². The van der Waals surface area contributed by atoms with Crippen molar-refractivity contribution in [1.29, 1.82) is 0 Å². The SMILES string of the molecule is Cc1nc(Cc2c(-c3ccc(N4[C@@H](C)CC[C@@H]4C)nc3)nc3cccnn23)co1. The number of aryl methyl sites for hydroxylation is 1. The summed E-state index contributed by atoms with van der Waals surface area (Å²) in [7, 11) is 0. The third-order valence-corrected chi connectivity index (χ3v) is 5.74. The molecule has 1 saturated heterocycles. The summed E-state index contributed by atoms with van der Waals surface area (Å²) in [5.41, 5.74) is 4.51. The highest BCUT2D eigenvalue weighted by atomic mass is 16.3. The van der Waals surface area contributed by atoms with Crippen LogP contribution < -0.4 is 4.90 Å². The normalized spacial score (nSPS) is 19.3. The number of imidazole rings is 1. The first-order valence-corrected chi connectivity index (χ1v) is 10.1. The van der Waals surface area contributed by atoms with Crippen LogP contribution in [-0.2, 0) is 6.42 Å². The fourth-order valence-electron chi connectivity index (χ4n) is 4.31. The molecule has 0 N–H and O–H groups in total. The molecule has 7 nitrogen and oxygen atoms in total. The molecule has 0 spiro atoms. The summed E-state index contributed by atoms with van der Waals surface area (Å²) in [5, 5.41) is 4.50. The van der Waals surface area contributed by atoms with Gasteiger partial charge in [0.05, 0.1) is 17.1 Å². The molecule has 0 aliphatic carbocycles. The number of nitrogens with zero attached hydrogens (tertiary/aromatic N) is 6. The number of hydrogen-bond acceptors (Lipinski definition) is 6. The van der Waals surface area contributed by atoms with E-state index >= 15 is 0 Å². The lowest BCUT2D eigenvalue weighted by atomic mass is 10.1. The van der Waals surface area contributed by atoms with Gasteiger partial charge in [0.15, 0.2) is 11.5 Å². The Balaban J connectivity index is 1.55. The monoisotopic (exact) mass is 388 g/mol. The Morgan fingerprint density at radius 1 is 1.10 bits per heavy atom. The zero-order valence-electron chi connectivity index (χ0n) is 16.9. The molecule has 0 amide bonds. The standard InChI is InChI=1S/C22H24N6O/c1-14-6-7-15(2)27(14)20-9-8-17(12-23-20)22-19(11-18-13-29-16(3)25-18)28-21(26-22)5-4-10-24-28/h4-5,8-10,12-15H,6-7,11H2,1-3H3/t14-,15-/m0/s1. The Kier molecular flexibility index (Phi) is 4.30. The second kappa shape index (κ2) is 6.99. The molecule has 0 radical (unpaired) electrons. The van der Waals surface area contributed by atoms with E-state index in [9.17, 15) is 0 Å². The first-order chi connectivity index (χ1) is 14.1. The molecule has 2 atom stereocenters. The number of aromatic nitrogens is 5. The Labute approximate surface area is 169 Å². The van der Waals surface area contributed by atoms with Crippen molar-refractivity contribution in [2.24, 2.45) is 0 Å². The van der Waals surface area contributed by atoms with E-state index in [-0.39, 0.29) is 0 Å². The van der Waals surface area contributed by atoms with Gasteiger partial charge in [0.2, 0.25) is 0 Å². The van der Waals surface area contributed by atoms with E-state index in [2.05, 4.69) is 41.0 Å². The van der Waals surface area contributed by atoms with E-state index in [0.717, 1.165) is 34.1 Å². The first-order valence-electron chi connectivity index (χ1n) is 10.1. The number of pyridine rings is 1. The Morgan fingerprint density at radius 2 is 1.93 bits per heavy atom. The highest BCUT2D eigenvalue weighted by molar-refractivity contribution is 5.67. The second-order valence-corrected chi connectivity index (χ2v) is 7.82. The smallest absolute Gasteiger partial charge is 0.191 e. The van der Waals surface area contributed by atoms with E-state index in [1.165, 1.54) is 12.8 Å². The Bertz CT molecular complexity index is 1140. The summed E-state index contributed by atoms with van der Waals surface area (Å²) in [4.78, 5) is 16.5. The predicted molar refractivity (Wildman–Crippen MR) is 111 cm³/mol. The van der Waals surface area contributed by atoms with Gasteiger partial charge in [0.25, 0.3) is 0 Å². The number of rotatable bonds is 4. The van der Waals surface area contributed by atoms with Crippen LogP contribution in [0.5, 0.6) is 0 Å². The maximum Gasteiger partial charge on any atom is 0.191 e. The van der Waals surface area contributed by atoms with Crippen LogP contribution in [-0.4, -0.2) is 36.6 Å². The van der Waals surface area contributed by atoms with Crippen molar-refractivity contribution in [1.82, 2.24) is 24.6 Å². The highest BCUT2D eigenvalue weighted by Gasteiger charge is 2.28. The van der Waals surface area contributed by atoms with E-state index in [4.69, 9.17) is 14.4 Å². The number of hydrogen-bond donors (Lipinski definition) is 0. The molecule has 1 aliphatic heterocycles. The van der Waals surface area contributed by atoms with E-state index in [1.807, 2.05) is 29.8 Å².